The highest BCUT2D eigenvalue weighted by Gasteiger charge is 2.20. The highest BCUT2D eigenvalue weighted by Crippen LogP contribution is 2.33. The third-order valence-electron chi connectivity index (χ3n) is 2.78. The number of carbonyl (C=O) groups excluding carboxylic acids is 1. The van der Waals surface area contributed by atoms with Gasteiger partial charge in [0.05, 0.1) is 22.8 Å². The molecule has 0 bridgehead atoms. The van der Waals surface area contributed by atoms with Crippen molar-refractivity contribution >= 4 is 28.9 Å². The molecule has 1 aromatic carbocycles. The normalized spacial score (nSPS) is 10.2. The van der Waals surface area contributed by atoms with Gasteiger partial charge in [0.1, 0.15) is 11.4 Å². The minimum absolute atomic E-state index is 0.106. The summed E-state index contributed by atoms with van der Waals surface area (Å²) in [6, 6.07) is 5.96. The first-order valence-corrected chi connectivity index (χ1v) is 6.37. The molecule has 0 radical (unpaired) electrons. The third kappa shape index (κ3) is 3.32. The predicted octanol–water partition coefficient (Wildman–Crippen LogP) is 2.81. The van der Waals surface area contributed by atoms with Gasteiger partial charge < -0.3 is 15.1 Å². The van der Waals surface area contributed by atoms with E-state index in [1.54, 1.807) is 12.1 Å². The molecule has 0 aliphatic rings. The fourth-order valence-electron chi connectivity index (χ4n) is 1.80. The molecule has 0 saturated heterocycles. The minimum atomic E-state index is -0.596. The smallest absolute Gasteiger partial charge is 0.294 e. The first-order valence-electron chi connectivity index (χ1n) is 5.99. The van der Waals surface area contributed by atoms with E-state index in [4.69, 9.17) is 16.0 Å². The molecule has 8 heteroatoms. The van der Waals surface area contributed by atoms with E-state index in [0.29, 0.717) is 5.76 Å². The molecule has 1 aromatic heterocycles. The number of anilines is 1. The van der Waals surface area contributed by atoms with E-state index in [-0.39, 0.29) is 28.5 Å². The van der Waals surface area contributed by atoms with E-state index in [0.717, 1.165) is 0 Å². The van der Waals surface area contributed by atoms with Crippen molar-refractivity contribution in [3.8, 4) is 0 Å². The first-order chi connectivity index (χ1) is 10.0. The molecule has 0 unspecified atom stereocenters. The standard InChI is InChI=1S/C13H12ClN3O4/c1-15-12-10(14)5-8(6-11(12)17(19)20)13(18)16-7-9-3-2-4-21-9/h2-6,15H,7H2,1H3,(H,16,18). The Labute approximate surface area is 125 Å². The number of furan rings is 1. The molecule has 2 rings (SSSR count). The Morgan fingerprint density at radius 1 is 1.48 bits per heavy atom. The molecule has 0 fully saturated rings. The summed E-state index contributed by atoms with van der Waals surface area (Å²) in [5.74, 6) is 0.106. The molecule has 2 aromatic rings. The Hall–Kier alpha value is -2.54. The summed E-state index contributed by atoms with van der Waals surface area (Å²) in [7, 11) is 1.52. The van der Waals surface area contributed by atoms with Gasteiger partial charge in [0, 0.05) is 18.7 Å². The van der Waals surface area contributed by atoms with E-state index >= 15 is 0 Å². The second-order valence-corrected chi connectivity index (χ2v) is 4.53. The molecule has 1 heterocycles. The van der Waals surface area contributed by atoms with Crippen molar-refractivity contribution in [1.29, 1.82) is 0 Å². The van der Waals surface area contributed by atoms with Crippen LogP contribution in [0.25, 0.3) is 0 Å². The molecule has 1 amide bonds. The molecule has 0 aliphatic carbocycles. The van der Waals surface area contributed by atoms with Gasteiger partial charge >= 0.3 is 0 Å². The van der Waals surface area contributed by atoms with Crippen molar-refractivity contribution in [2.24, 2.45) is 0 Å². The van der Waals surface area contributed by atoms with Crippen LogP contribution in [-0.4, -0.2) is 17.9 Å². The van der Waals surface area contributed by atoms with Gasteiger partial charge in [0.15, 0.2) is 0 Å². The third-order valence-corrected chi connectivity index (χ3v) is 3.08. The van der Waals surface area contributed by atoms with Crippen molar-refractivity contribution in [2.45, 2.75) is 6.54 Å². The van der Waals surface area contributed by atoms with Gasteiger partial charge in [0.2, 0.25) is 0 Å². The van der Waals surface area contributed by atoms with Gasteiger partial charge in [0.25, 0.3) is 11.6 Å². The van der Waals surface area contributed by atoms with Crippen LogP contribution in [0.4, 0.5) is 11.4 Å². The Balaban J connectivity index is 2.23. The number of nitrogens with one attached hydrogen (secondary N) is 2. The van der Waals surface area contributed by atoms with Gasteiger partial charge in [-0.15, -0.1) is 0 Å². The van der Waals surface area contributed by atoms with E-state index in [1.807, 2.05) is 0 Å². The van der Waals surface area contributed by atoms with Crippen LogP contribution in [0.15, 0.2) is 34.9 Å². The van der Waals surface area contributed by atoms with Crippen molar-refractivity contribution in [1.82, 2.24) is 5.32 Å². The number of benzene rings is 1. The summed E-state index contributed by atoms with van der Waals surface area (Å²) in [5.41, 5.74) is 0.0228. The highest BCUT2D eigenvalue weighted by molar-refractivity contribution is 6.34. The van der Waals surface area contributed by atoms with Crippen molar-refractivity contribution in [3.05, 3.63) is 57.0 Å². The highest BCUT2D eigenvalue weighted by atomic mass is 35.5. The molecule has 0 atom stereocenters. The van der Waals surface area contributed by atoms with Crippen LogP contribution >= 0.6 is 11.6 Å². The van der Waals surface area contributed by atoms with Crippen LogP contribution in [-0.2, 0) is 6.54 Å². The second kappa shape index (κ2) is 6.27. The monoisotopic (exact) mass is 309 g/mol. The Morgan fingerprint density at radius 3 is 2.81 bits per heavy atom. The second-order valence-electron chi connectivity index (χ2n) is 4.12. The Morgan fingerprint density at radius 2 is 2.24 bits per heavy atom. The minimum Gasteiger partial charge on any atom is -0.467 e. The van der Waals surface area contributed by atoms with Crippen LogP contribution in [0.2, 0.25) is 5.02 Å². The lowest BCUT2D eigenvalue weighted by Gasteiger charge is -2.08. The molecule has 2 N–H and O–H groups in total. The summed E-state index contributed by atoms with van der Waals surface area (Å²) in [5, 5.41) is 16.4. The number of halogens is 1. The number of hydrogen-bond donors (Lipinski definition) is 2. The number of nitrogens with zero attached hydrogens (tertiary/aromatic N) is 1. The summed E-state index contributed by atoms with van der Waals surface area (Å²) in [6.07, 6.45) is 1.49. The average molecular weight is 310 g/mol. The van der Waals surface area contributed by atoms with E-state index in [1.165, 1.54) is 25.4 Å². The number of nitro groups is 1. The number of carbonyl (C=O) groups is 1. The van der Waals surface area contributed by atoms with Crippen LogP contribution < -0.4 is 10.6 Å². The van der Waals surface area contributed by atoms with Gasteiger partial charge in [-0.25, -0.2) is 0 Å². The van der Waals surface area contributed by atoms with Crippen molar-refractivity contribution in [3.63, 3.8) is 0 Å². The van der Waals surface area contributed by atoms with Gasteiger partial charge in [-0.2, -0.15) is 0 Å². The topological polar surface area (TPSA) is 97.4 Å². The zero-order valence-corrected chi connectivity index (χ0v) is 11.8. The summed E-state index contributed by atoms with van der Waals surface area (Å²) < 4.78 is 5.08. The zero-order valence-electron chi connectivity index (χ0n) is 11.1. The fraction of sp³-hybridized carbons (Fsp3) is 0.154. The quantitative estimate of drug-likeness (QED) is 0.654. The van der Waals surface area contributed by atoms with Crippen LogP contribution in [0.5, 0.6) is 0 Å². The molecular weight excluding hydrogens is 298 g/mol. The van der Waals surface area contributed by atoms with Crippen LogP contribution in [0.1, 0.15) is 16.1 Å². The molecule has 0 spiro atoms. The number of hydrogen-bond acceptors (Lipinski definition) is 5. The molecule has 0 saturated carbocycles. The van der Waals surface area contributed by atoms with E-state index in [2.05, 4.69) is 10.6 Å². The first kappa shape index (κ1) is 14.9. The Bertz CT molecular complexity index is 670. The maximum atomic E-state index is 12.0. The maximum Gasteiger partial charge on any atom is 0.294 e. The molecule has 110 valence electrons. The lowest BCUT2D eigenvalue weighted by molar-refractivity contribution is -0.383. The van der Waals surface area contributed by atoms with Crippen LogP contribution in [0.3, 0.4) is 0 Å². The fourth-order valence-corrected chi connectivity index (χ4v) is 2.11. The van der Waals surface area contributed by atoms with Gasteiger partial charge in [-0.1, -0.05) is 11.6 Å². The number of rotatable bonds is 5. The molecule has 7 nitrogen and oxygen atoms in total. The zero-order chi connectivity index (χ0) is 15.4. The summed E-state index contributed by atoms with van der Waals surface area (Å²) >= 11 is 5.96. The van der Waals surface area contributed by atoms with Crippen LogP contribution in [0, 0.1) is 10.1 Å². The molecular formula is C13H12ClN3O4. The van der Waals surface area contributed by atoms with E-state index in [9.17, 15) is 14.9 Å². The molecule has 21 heavy (non-hydrogen) atoms. The number of amides is 1. The van der Waals surface area contributed by atoms with Gasteiger partial charge in [-0.3, -0.25) is 14.9 Å². The van der Waals surface area contributed by atoms with Gasteiger partial charge in [-0.05, 0) is 18.2 Å². The Kier molecular flexibility index (Phi) is 4.44. The van der Waals surface area contributed by atoms with Crippen molar-refractivity contribution < 1.29 is 14.1 Å². The SMILES string of the molecule is CNc1c(Cl)cc(C(=O)NCc2ccco2)cc1[N+](=O)[O-]. The predicted molar refractivity (Wildman–Crippen MR) is 77.5 cm³/mol. The molecule has 0 aliphatic heterocycles. The summed E-state index contributed by atoms with van der Waals surface area (Å²) in [4.78, 5) is 22.4. The summed E-state index contributed by atoms with van der Waals surface area (Å²) in [6.45, 7) is 0.186. The lowest BCUT2D eigenvalue weighted by Crippen LogP contribution is -2.22. The van der Waals surface area contributed by atoms with Crippen molar-refractivity contribution in [2.75, 3.05) is 12.4 Å². The lowest BCUT2D eigenvalue weighted by atomic mass is 10.1. The average Bonchev–Trinajstić information content (AvgIpc) is 2.96. The van der Waals surface area contributed by atoms with E-state index < -0.39 is 10.8 Å². The maximum absolute atomic E-state index is 12.0. The number of nitro benzene ring substituents is 1. The largest absolute Gasteiger partial charge is 0.467 e.